The number of benzene rings is 2. The van der Waals surface area contributed by atoms with Gasteiger partial charge in [-0.2, -0.15) is 0 Å². The molecule has 3 rings (SSSR count). The van der Waals surface area contributed by atoms with Crippen molar-refractivity contribution >= 4 is 23.3 Å². The number of carbonyl (C=O) groups is 1. The Morgan fingerprint density at radius 2 is 2.14 bits per heavy atom. The molecule has 2 aromatic carbocycles. The average Bonchev–Trinajstić information content (AvgIpc) is 2.90. The van der Waals surface area contributed by atoms with Crippen LogP contribution in [-0.4, -0.2) is 18.7 Å². The van der Waals surface area contributed by atoms with Crippen molar-refractivity contribution in [2.75, 3.05) is 12.3 Å². The number of para-hydroxylation sites is 1. The quantitative estimate of drug-likeness (QED) is 0.699. The Hall–Kier alpha value is -2.20. The molecule has 2 aromatic rings. The fourth-order valence-corrected chi connectivity index (χ4v) is 2.49. The van der Waals surface area contributed by atoms with Crippen LogP contribution >= 0.6 is 11.6 Å². The molecule has 2 N–H and O–H groups in total. The summed E-state index contributed by atoms with van der Waals surface area (Å²) in [5.74, 6) is 0.354. The van der Waals surface area contributed by atoms with Crippen molar-refractivity contribution in [3.05, 3.63) is 58.6 Å². The van der Waals surface area contributed by atoms with Crippen LogP contribution in [0, 0.1) is 0 Å². The van der Waals surface area contributed by atoms with Crippen LogP contribution in [0.5, 0.6) is 5.75 Å². The minimum Gasteiger partial charge on any atom is -0.486 e. The summed E-state index contributed by atoms with van der Waals surface area (Å²) in [4.78, 5) is 12.0. The standard InChI is InChI=1S/C16H14ClNO3/c17-14-6-5-11(18)8-13(14)16(19)20-9-12-7-10-3-1-2-4-15(10)21-12/h1-6,8,12H,7,9,18H2. The molecule has 0 amide bonds. The Labute approximate surface area is 127 Å². The highest BCUT2D eigenvalue weighted by Gasteiger charge is 2.24. The van der Waals surface area contributed by atoms with Gasteiger partial charge in [0.05, 0.1) is 10.6 Å². The molecule has 1 heterocycles. The summed E-state index contributed by atoms with van der Waals surface area (Å²) in [6.45, 7) is 0.179. The second kappa shape index (κ2) is 5.66. The normalized spacial score (nSPS) is 16.1. The van der Waals surface area contributed by atoms with Gasteiger partial charge < -0.3 is 15.2 Å². The monoisotopic (exact) mass is 303 g/mol. The van der Waals surface area contributed by atoms with Crippen molar-refractivity contribution in [2.24, 2.45) is 0 Å². The summed E-state index contributed by atoms with van der Waals surface area (Å²) in [6, 6.07) is 12.5. The van der Waals surface area contributed by atoms with Gasteiger partial charge in [-0.3, -0.25) is 0 Å². The van der Waals surface area contributed by atoms with Gasteiger partial charge in [-0.25, -0.2) is 4.79 Å². The minimum absolute atomic E-state index is 0.161. The summed E-state index contributed by atoms with van der Waals surface area (Å²) in [6.07, 6.45) is 0.569. The van der Waals surface area contributed by atoms with E-state index in [4.69, 9.17) is 26.8 Å². The highest BCUT2D eigenvalue weighted by atomic mass is 35.5. The van der Waals surface area contributed by atoms with Gasteiger partial charge in [0.2, 0.25) is 0 Å². The molecule has 1 unspecified atom stereocenters. The van der Waals surface area contributed by atoms with Gasteiger partial charge in [-0.15, -0.1) is 0 Å². The molecular formula is C16H14ClNO3. The lowest BCUT2D eigenvalue weighted by Crippen LogP contribution is -2.23. The van der Waals surface area contributed by atoms with Crippen molar-refractivity contribution < 1.29 is 14.3 Å². The number of nitrogens with two attached hydrogens (primary N) is 1. The first-order valence-corrected chi connectivity index (χ1v) is 6.98. The maximum Gasteiger partial charge on any atom is 0.339 e. The molecule has 0 spiro atoms. The molecule has 0 saturated carbocycles. The number of nitrogen functional groups attached to an aromatic ring is 1. The number of hydrogen-bond acceptors (Lipinski definition) is 4. The van der Waals surface area contributed by atoms with Crippen molar-refractivity contribution in [3.8, 4) is 5.75 Å². The number of fused-ring (bicyclic) bond motifs is 1. The van der Waals surface area contributed by atoms with Crippen LogP contribution in [0.4, 0.5) is 5.69 Å². The van der Waals surface area contributed by atoms with Gasteiger partial charge in [0.15, 0.2) is 0 Å². The van der Waals surface area contributed by atoms with Crippen molar-refractivity contribution in [1.82, 2.24) is 0 Å². The molecule has 1 aliphatic rings. The van der Waals surface area contributed by atoms with Gasteiger partial charge in [0.25, 0.3) is 0 Å². The maximum atomic E-state index is 12.0. The summed E-state index contributed by atoms with van der Waals surface area (Å²) in [5.41, 5.74) is 7.51. The Balaban J connectivity index is 1.61. The van der Waals surface area contributed by atoms with Crippen LogP contribution in [0.2, 0.25) is 5.02 Å². The second-order valence-electron chi connectivity index (χ2n) is 4.89. The average molecular weight is 304 g/mol. The van der Waals surface area contributed by atoms with E-state index in [2.05, 4.69) is 0 Å². The summed E-state index contributed by atoms with van der Waals surface area (Å²) in [7, 11) is 0. The number of esters is 1. The molecule has 0 fully saturated rings. The predicted octanol–water partition coefficient (Wildman–Crippen LogP) is 3.08. The molecule has 0 aromatic heterocycles. The van der Waals surface area contributed by atoms with Gasteiger partial charge >= 0.3 is 5.97 Å². The zero-order chi connectivity index (χ0) is 14.8. The molecule has 21 heavy (non-hydrogen) atoms. The van der Waals surface area contributed by atoms with E-state index in [9.17, 15) is 4.79 Å². The molecular weight excluding hydrogens is 290 g/mol. The third-order valence-corrected chi connectivity index (χ3v) is 3.65. The molecule has 5 heteroatoms. The topological polar surface area (TPSA) is 61.6 Å². The van der Waals surface area contributed by atoms with E-state index in [-0.39, 0.29) is 18.3 Å². The third kappa shape index (κ3) is 2.95. The zero-order valence-electron chi connectivity index (χ0n) is 11.2. The van der Waals surface area contributed by atoms with E-state index in [0.29, 0.717) is 10.7 Å². The predicted molar refractivity (Wildman–Crippen MR) is 80.7 cm³/mol. The van der Waals surface area contributed by atoms with E-state index in [1.807, 2.05) is 24.3 Å². The number of carbonyl (C=O) groups excluding carboxylic acids is 1. The first kappa shape index (κ1) is 13.8. The molecule has 0 aliphatic carbocycles. The Morgan fingerprint density at radius 1 is 1.33 bits per heavy atom. The van der Waals surface area contributed by atoms with Crippen LogP contribution < -0.4 is 10.5 Å². The van der Waals surface area contributed by atoms with E-state index in [0.717, 1.165) is 17.7 Å². The van der Waals surface area contributed by atoms with E-state index < -0.39 is 5.97 Å². The number of halogens is 1. The van der Waals surface area contributed by atoms with Crippen LogP contribution in [0.1, 0.15) is 15.9 Å². The fourth-order valence-electron chi connectivity index (χ4n) is 2.29. The van der Waals surface area contributed by atoms with Crippen molar-refractivity contribution in [2.45, 2.75) is 12.5 Å². The van der Waals surface area contributed by atoms with E-state index in [1.165, 1.54) is 6.07 Å². The number of anilines is 1. The molecule has 4 nitrogen and oxygen atoms in total. The maximum absolute atomic E-state index is 12.0. The molecule has 1 atom stereocenters. The zero-order valence-corrected chi connectivity index (χ0v) is 12.0. The molecule has 1 aliphatic heterocycles. The van der Waals surface area contributed by atoms with E-state index >= 15 is 0 Å². The first-order chi connectivity index (χ1) is 10.1. The van der Waals surface area contributed by atoms with Crippen molar-refractivity contribution in [1.29, 1.82) is 0 Å². The Morgan fingerprint density at radius 3 is 2.95 bits per heavy atom. The van der Waals surface area contributed by atoms with Crippen LogP contribution in [0.3, 0.4) is 0 Å². The smallest absolute Gasteiger partial charge is 0.339 e. The lowest BCUT2D eigenvalue weighted by atomic mass is 10.1. The molecule has 0 bridgehead atoms. The summed E-state index contributed by atoms with van der Waals surface area (Å²) < 4.78 is 11.0. The van der Waals surface area contributed by atoms with E-state index in [1.54, 1.807) is 12.1 Å². The first-order valence-electron chi connectivity index (χ1n) is 6.60. The van der Waals surface area contributed by atoms with Crippen molar-refractivity contribution in [3.63, 3.8) is 0 Å². The fraction of sp³-hybridized carbons (Fsp3) is 0.188. The van der Waals surface area contributed by atoms with Crippen LogP contribution in [-0.2, 0) is 11.2 Å². The van der Waals surface area contributed by atoms with Crippen LogP contribution in [0.15, 0.2) is 42.5 Å². The van der Waals surface area contributed by atoms with Gasteiger partial charge in [0, 0.05) is 12.1 Å². The highest BCUT2D eigenvalue weighted by molar-refractivity contribution is 6.33. The van der Waals surface area contributed by atoms with Crippen LogP contribution in [0.25, 0.3) is 0 Å². The lowest BCUT2D eigenvalue weighted by Gasteiger charge is -2.12. The molecule has 108 valence electrons. The number of hydrogen-bond donors (Lipinski definition) is 1. The highest BCUT2D eigenvalue weighted by Crippen LogP contribution is 2.28. The Bertz CT molecular complexity index is 662. The number of rotatable bonds is 3. The summed E-state index contributed by atoms with van der Waals surface area (Å²) in [5, 5.41) is 0.324. The van der Waals surface area contributed by atoms with Gasteiger partial charge in [0.1, 0.15) is 18.5 Å². The Kier molecular flexibility index (Phi) is 3.71. The lowest BCUT2D eigenvalue weighted by molar-refractivity contribution is 0.0347. The largest absolute Gasteiger partial charge is 0.486 e. The third-order valence-electron chi connectivity index (χ3n) is 3.32. The summed E-state index contributed by atoms with van der Waals surface area (Å²) >= 11 is 5.97. The molecule has 0 radical (unpaired) electrons. The number of ether oxygens (including phenoxy) is 2. The minimum atomic E-state index is -0.494. The second-order valence-corrected chi connectivity index (χ2v) is 5.30. The SMILES string of the molecule is Nc1ccc(Cl)c(C(=O)OCC2Cc3ccccc3O2)c1. The van der Waals surface area contributed by atoms with Gasteiger partial charge in [-0.05, 0) is 29.8 Å². The van der Waals surface area contributed by atoms with Gasteiger partial charge in [-0.1, -0.05) is 29.8 Å². The molecule has 0 saturated heterocycles.